The van der Waals surface area contributed by atoms with Gasteiger partial charge in [0, 0.05) is 17.5 Å². The molecule has 19 heavy (non-hydrogen) atoms. The summed E-state index contributed by atoms with van der Waals surface area (Å²) in [6, 6.07) is 5.72. The smallest absolute Gasteiger partial charge is 0.183 e. The molecule has 0 bridgehead atoms. The Kier molecular flexibility index (Phi) is 4.63. The summed E-state index contributed by atoms with van der Waals surface area (Å²) < 4.78 is 10.6. The first kappa shape index (κ1) is 13.7. The molecule has 2 aromatic rings. The van der Waals surface area contributed by atoms with E-state index in [1.54, 1.807) is 25.6 Å². The second-order valence-corrected chi connectivity index (χ2v) is 4.89. The molecule has 1 aromatic heterocycles. The Morgan fingerprint density at radius 3 is 2.79 bits per heavy atom. The summed E-state index contributed by atoms with van der Waals surface area (Å²) >= 11 is 1.60. The summed E-state index contributed by atoms with van der Waals surface area (Å²) in [6.07, 6.45) is 1.08. The Morgan fingerprint density at radius 1 is 1.26 bits per heavy atom. The maximum atomic E-state index is 5.38. The van der Waals surface area contributed by atoms with E-state index in [9.17, 15) is 0 Å². The molecule has 0 unspecified atom stereocenters. The molecule has 0 aliphatic rings. The van der Waals surface area contributed by atoms with E-state index in [0.29, 0.717) is 0 Å². The van der Waals surface area contributed by atoms with Crippen molar-refractivity contribution in [2.45, 2.75) is 13.3 Å². The molecule has 1 heterocycles. The number of methoxy groups -OCH3 is 2. The number of hydrogen-bond acceptors (Lipinski definition) is 5. The predicted octanol–water partition coefficient (Wildman–Crippen LogP) is 3.65. The molecule has 0 atom stereocenters. The number of nitrogens with one attached hydrogen (secondary N) is 1. The lowest BCUT2D eigenvalue weighted by molar-refractivity contribution is 0.404. The van der Waals surface area contributed by atoms with Gasteiger partial charge < -0.3 is 14.8 Å². The first-order chi connectivity index (χ1) is 9.28. The molecule has 0 saturated carbocycles. The molecule has 1 N–H and O–H groups in total. The van der Waals surface area contributed by atoms with Gasteiger partial charge in [0.2, 0.25) is 0 Å². The number of thiazole rings is 1. The Balaban J connectivity index is 2.31. The van der Waals surface area contributed by atoms with Crippen LogP contribution in [0.1, 0.15) is 13.3 Å². The zero-order valence-corrected chi connectivity index (χ0v) is 12.2. The molecule has 0 aliphatic carbocycles. The molecule has 5 heteroatoms. The maximum Gasteiger partial charge on any atom is 0.183 e. The second-order valence-electron chi connectivity index (χ2n) is 4.03. The lowest BCUT2D eigenvalue weighted by atomic mass is 10.1. The van der Waals surface area contributed by atoms with E-state index in [1.807, 2.05) is 23.6 Å². The normalized spacial score (nSPS) is 10.3. The molecule has 0 aliphatic heterocycles. The summed E-state index contributed by atoms with van der Waals surface area (Å²) in [6.45, 7) is 3.06. The van der Waals surface area contributed by atoms with E-state index in [4.69, 9.17) is 9.47 Å². The zero-order chi connectivity index (χ0) is 13.7. The van der Waals surface area contributed by atoms with Crippen LogP contribution in [-0.2, 0) is 0 Å². The van der Waals surface area contributed by atoms with Crippen LogP contribution in [0.5, 0.6) is 11.5 Å². The highest BCUT2D eigenvalue weighted by Crippen LogP contribution is 2.34. The highest BCUT2D eigenvalue weighted by molar-refractivity contribution is 7.14. The number of rotatable bonds is 6. The minimum Gasteiger partial charge on any atom is -0.497 e. The summed E-state index contributed by atoms with van der Waals surface area (Å²) in [4.78, 5) is 4.57. The highest BCUT2D eigenvalue weighted by atomic mass is 32.1. The number of anilines is 1. The first-order valence-corrected chi connectivity index (χ1v) is 7.08. The van der Waals surface area contributed by atoms with E-state index >= 15 is 0 Å². The maximum absolute atomic E-state index is 5.38. The second kappa shape index (κ2) is 6.43. The van der Waals surface area contributed by atoms with Crippen molar-refractivity contribution >= 4 is 16.5 Å². The fourth-order valence-corrected chi connectivity index (χ4v) is 2.46. The Morgan fingerprint density at radius 2 is 2.11 bits per heavy atom. The van der Waals surface area contributed by atoms with Crippen LogP contribution in [0.15, 0.2) is 23.6 Å². The standard InChI is InChI=1S/C14H18N2O2S/c1-4-7-15-14-16-12(9-19-14)11-8-10(17-2)5-6-13(11)18-3/h5-6,8-9H,4,7H2,1-3H3,(H,15,16). The largest absolute Gasteiger partial charge is 0.497 e. The van der Waals surface area contributed by atoms with Crippen molar-refractivity contribution in [1.29, 1.82) is 0 Å². The van der Waals surface area contributed by atoms with E-state index in [1.165, 1.54) is 0 Å². The molecule has 0 radical (unpaired) electrons. The quantitative estimate of drug-likeness (QED) is 0.876. The summed E-state index contributed by atoms with van der Waals surface area (Å²) in [7, 11) is 3.31. The minimum absolute atomic E-state index is 0.798. The van der Waals surface area contributed by atoms with Crippen molar-refractivity contribution < 1.29 is 9.47 Å². The van der Waals surface area contributed by atoms with Gasteiger partial charge in [-0.3, -0.25) is 0 Å². The molecule has 102 valence electrons. The van der Waals surface area contributed by atoms with Gasteiger partial charge in [-0.05, 0) is 24.6 Å². The van der Waals surface area contributed by atoms with Crippen LogP contribution < -0.4 is 14.8 Å². The third-order valence-corrected chi connectivity index (χ3v) is 3.51. The van der Waals surface area contributed by atoms with Crippen molar-refractivity contribution in [2.24, 2.45) is 0 Å². The van der Waals surface area contributed by atoms with Gasteiger partial charge in [0.1, 0.15) is 11.5 Å². The van der Waals surface area contributed by atoms with Crippen LogP contribution >= 0.6 is 11.3 Å². The summed E-state index contributed by atoms with van der Waals surface area (Å²) in [5.74, 6) is 1.60. The molecule has 0 amide bonds. The van der Waals surface area contributed by atoms with E-state index in [2.05, 4.69) is 17.2 Å². The van der Waals surface area contributed by atoms with Gasteiger partial charge in [0.15, 0.2) is 5.13 Å². The van der Waals surface area contributed by atoms with Crippen LogP contribution in [-0.4, -0.2) is 25.7 Å². The van der Waals surface area contributed by atoms with Gasteiger partial charge in [0.05, 0.1) is 19.9 Å². The molecular formula is C14H18N2O2S. The first-order valence-electron chi connectivity index (χ1n) is 6.20. The van der Waals surface area contributed by atoms with E-state index in [0.717, 1.165) is 40.9 Å². The van der Waals surface area contributed by atoms with Gasteiger partial charge in [-0.2, -0.15) is 0 Å². The van der Waals surface area contributed by atoms with Crippen molar-refractivity contribution in [3.63, 3.8) is 0 Å². The highest BCUT2D eigenvalue weighted by Gasteiger charge is 2.11. The van der Waals surface area contributed by atoms with Crippen LogP contribution in [0.2, 0.25) is 0 Å². The van der Waals surface area contributed by atoms with Crippen LogP contribution in [0.4, 0.5) is 5.13 Å². The number of aromatic nitrogens is 1. The predicted molar refractivity (Wildman–Crippen MR) is 79.4 cm³/mol. The van der Waals surface area contributed by atoms with Gasteiger partial charge in [-0.1, -0.05) is 6.92 Å². The lowest BCUT2D eigenvalue weighted by Gasteiger charge is -2.08. The number of nitrogens with zero attached hydrogens (tertiary/aromatic N) is 1. The molecule has 0 spiro atoms. The van der Waals surface area contributed by atoms with Crippen LogP contribution in [0.3, 0.4) is 0 Å². The van der Waals surface area contributed by atoms with Gasteiger partial charge in [0.25, 0.3) is 0 Å². The lowest BCUT2D eigenvalue weighted by Crippen LogP contribution is -1.98. The third kappa shape index (κ3) is 3.17. The van der Waals surface area contributed by atoms with E-state index in [-0.39, 0.29) is 0 Å². The van der Waals surface area contributed by atoms with Crippen molar-refractivity contribution in [2.75, 3.05) is 26.1 Å². The van der Waals surface area contributed by atoms with Crippen molar-refractivity contribution in [1.82, 2.24) is 4.98 Å². The minimum atomic E-state index is 0.798. The SMILES string of the molecule is CCCNc1nc(-c2cc(OC)ccc2OC)cs1. The van der Waals surface area contributed by atoms with Crippen LogP contribution in [0.25, 0.3) is 11.3 Å². The Hall–Kier alpha value is -1.75. The molecule has 1 aromatic carbocycles. The Labute approximate surface area is 117 Å². The average Bonchev–Trinajstić information content (AvgIpc) is 2.93. The topological polar surface area (TPSA) is 43.4 Å². The summed E-state index contributed by atoms with van der Waals surface area (Å²) in [5, 5.41) is 6.24. The fourth-order valence-electron chi connectivity index (χ4n) is 1.72. The van der Waals surface area contributed by atoms with Gasteiger partial charge >= 0.3 is 0 Å². The molecule has 0 saturated heterocycles. The Bertz CT molecular complexity index is 540. The van der Waals surface area contributed by atoms with Crippen LogP contribution in [0, 0.1) is 0 Å². The number of benzene rings is 1. The summed E-state index contributed by atoms with van der Waals surface area (Å²) in [5.41, 5.74) is 1.85. The number of hydrogen-bond donors (Lipinski definition) is 1. The van der Waals surface area contributed by atoms with Crippen molar-refractivity contribution in [3.05, 3.63) is 23.6 Å². The third-order valence-electron chi connectivity index (χ3n) is 2.71. The monoisotopic (exact) mass is 278 g/mol. The molecule has 4 nitrogen and oxygen atoms in total. The molecule has 2 rings (SSSR count). The number of ether oxygens (including phenoxy) is 2. The van der Waals surface area contributed by atoms with Gasteiger partial charge in [-0.25, -0.2) is 4.98 Å². The molecular weight excluding hydrogens is 260 g/mol. The molecule has 0 fully saturated rings. The zero-order valence-electron chi connectivity index (χ0n) is 11.4. The van der Waals surface area contributed by atoms with Gasteiger partial charge in [-0.15, -0.1) is 11.3 Å². The van der Waals surface area contributed by atoms with E-state index < -0.39 is 0 Å². The fraction of sp³-hybridized carbons (Fsp3) is 0.357. The van der Waals surface area contributed by atoms with Crippen molar-refractivity contribution in [3.8, 4) is 22.8 Å². The average molecular weight is 278 g/mol.